The highest BCUT2D eigenvalue weighted by Crippen LogP contribution is 2.18. The van der Waals surface area contributed by atoms with Crippen LogP contribution in [0.4, 0.5) is 0 Å². The third-order valence-electron chi connectivity index (χ3n) is 2.05. The molecule has 0 aliphatic carbocycles. The largest absolute Gasteiger partial charge is 0.312 e. The van der Waals surface area contributed by atoms with E-state index in [0.29, 0.717) is 0 Å². The van der Waals surface area contributed by atoms with E-state index in [1.807, 2.05) is 0 Å². The van der Waals surface area contributed by atoms with Gasteiger partial charge < -0.3 is 5.32 Å². The van der Waals surface area contributed by atoms with Gasteiger partial charge in [-0.15, -0.1) is 12.4 Å². The van der Waals surface area contributed by atoms with Crippen LogP contribution < -0.4 is 5.32 Å². The molecule has 0 spiro atoms. The van der Waals surface area contributed by atoms with Gasteiger partial charge in [0.15, 0.2) is 0 Å². The molecule has 1 N–H and O–H groups in total. The van der Waals surface area contributed by atoms with Crippen molar-refractivity contribution in [2.75, 3.05) is 6.54 Å². The molecule has 1 aliphatic heterocycles. The molecule has 1 aromatic rings. The Morgan fingerprint density at radius 3 is 2.92 bits per heavy atom. The van der Waals surface area contributed by atoms with Crippen LogP contribution in [-0.4, -0.2) is 6.54 Å². The minimum atomic E-state index is 0. The lowest BCUT2D eigenvalue weighted by molar-refractivity contribution is 0.643. The zero-order valence-corrected chi connectivity index (χ0v) is 9.04. The monoisotopic (exact) mass is 247 g/mol. The second-order valence-electron chi connectivity index (χ2n) is 2.84. The first-order valence-electron chi connectivity index (χ1n) is 3.84. The molecule has 0 fully saturated rings. The summed E-state index contributed by atoms with van der Waals surface area (Å²) in [5, 5.41) is 3.35. The minimum absolute atomic E-state index is 0. The summed E-state index contributed by atoms with van der Waals surface area (Å²) in [6, 6.07) is 6.52. The van der Waals surface area contributed by atoms with E-state index in [1.165, 1.54) is 22.0 Å². The zero-order chi connectivity index (χ0) is 7.68. The molecule has 1 aromatic carbocycles. The van der Waals surface area contributed by atoms with Crippen LogP contribution in [0.5, 0.6) is 0 Å². The zero-order valence-electron chi connectivity index (χ0n) is 6.64. The molecule has 0 saturated carbocycles. The lowest BCUT2D eigenvalue weighted by Crippen LogP contribution is -2.23. The van der Waals surface area contributed by atoms with Gasteiger partial charge in [-0.05, 0) is 36.2 Å². The number of rotatable bonds is 0. The van der Waals surface area contributed by atoms with Gasteiger partial charge in [-0.1, -0.05) is 22.0 Å². The van der Waals surface area contributed by atoms with E-state index in [0.717, 1.165) is 13.1 Å². The summed E-state index contributed by atoms with van der Waals surface area (Å²) < 4.78 is 1.18. The SMILES string of the molecule is Brc1ccc2c(c1)CNCC2.Cl. The van der Waals surface area contributed by atoms with E-state index in [-0.39, 0.29) is 12.4 Å². The number of fused-ring (bicyclic) bond motifs is 1. The van der Waals surface area contributed by atoms with Crippen LogP contribution in [0.3, 0.4) is 0 Å². The molecule has 0 aromatic heterocycles. The summed E-state index contributed by atoms with van der Waals surface area (Å²) in [6.07, 6.45) is 1.17. The number of hydrogen-bond acceptors (Lipinski definition) is 1. The van der Waals surface area contributed by atoms with Crippen LogP contribution in [-0.2, 0) is 13.0 Å². The quantitative estimate of drug-likeness (QED) is 0.744. The van der Waals surface area contributed by atoms with Crippen molar-refractivity contribution < 1.29 is 0 Å². The normalized spacial score (nSPS) is 14.8. The number of halogens is 2. The maximum absolute atomic E-state index is 3.46. The summed E-state index contributed by atoms with van der Waals surface area (Å²) in [5.74, 6) is 0. The molecule has 66 valence electrons. The van der Waals surface area contributed by atoms with E-state index in [4.69, 9.17) is 0 Å². The van der Waals surface area contributed by atoms with Gasteiger partial charge >= 0.3 is 0 Å². The molecule has 0 saturated heterocycles. The summed E-state index contributed by atoms with van der Waals surface area (Å²) in [4.78, 5) is 0. The molecule has 1 aliphatic rings. The Labute approximate surface area is 87.1 Å². The van der Waals surface area contributed by atoms with E-state index < -0.39 is 0 Å². The molecule has 0 atom stereocenters. The summed E-state index contributed by atoms with van der Waals surface area (Å²) in [6.45, 7) is 2.14. The highest BCUT2D eigenvalue weighted by atomic mass is 79.9. The first-order valence-corrected chi connectivity index (χ1v) is 4.63. The predicted molar refractivity (Wildman–Crippen MR) is 56.8 cm³/mol. The van der Waals surface area contributed by atoms with Gasteiger partial charge in [-0.25, -0.2) is 0 Å². The van der Waals surface area contributed by atoms with Gasteiger partial charge in [-0.2, -0.15) is 0 Å². The molecule has 0 unspecified atom stereocenters. The van der Waals surface area contributed by atoms with Crippen LogP contribution in [0.15, 0.2) is 22.7 Å². The van der Waals surface area contributed by atoms with Crippen molar-refractivity contribution in [3.8, 4) is 0 Å². The van der Waals surface area contributed by atoms with Gasteiger partial charge in [0.2, 0.25) is 0 Å². The third-order valence-corrected chi connectivity index (χ3v) is 2.55. The van der Waals surface area contributed by atoms with Crippen molar-refractivity contribution in [1.82, 2.24) is 5.32 Å². The average molecular weight is 249 g/mol. The lowest BCUT2D eigenvalue weighted by atomic mass is 10.0. The van der Waals surface area contributed by atoms with E-state index >= 15 is 0 Å². The van der Waals surface area contributed by atoms with Crippen molar-refractivity contribution in [2.24, 2.45) is 0 Å². The molecular formula is C9H11BrClN. The number of nitrogens with one attached hydrogen (secondary N) is 1. The van der Waals surface area contributed by atoms with Crippen molar-refractivity contribution in [1.29, 1.82) is 0 Å². The van der Waals surface area contributed by atoms with Gasteiger partial charge in [0.25, 0.3) is 0 Å². The second-order valence-corrected chi connectivity index (χ2v) is 3.76. The van der Waals surface area contributed by atoms with Crippen LogP contribution in [0.25, 0.3) is 0 Å². The van der Waals surface area contributed by atoms with Gasteiger partial charge in [-0.3, -0.25) is 0 Å². The summed E-state index contributed by atoms with van der Waals surface area (Å²) in [5.41, 5.74) is 2.93. The third kappa shape index (κ3) is 2.00. The molecular weight excluding hydrogens is 237 g/mol. The van der Waals surface area contributed by atoms with Crippen molar-refractivity contribution >= 4 is 28.3 Å². The predicted octanol–water partition coefficient (Wildman–Crippen LogP) is 2.52. The maximum atomic E-state index is 3.46. The highest BCUT2D eigenvalue weighted by molar-refractivity contribution is 9.10. The number of hydrogen-bond donors (Lipinski definition) is 1. The smallest absolute Gasteiger partial charge is 0.0208 e. The molecule has 2 rings (SSSR count). The van der Waals surface area contributed by atoms with Crippen LogP contribution in [0, 0.1) is 0 Å². The van der Waals surface area contributed by atoms with E-state index in [1.54, 1.807) is 0 Å². The fraction of sp³-hybridized carbons (Fsp3) is 0.333. The highest BCUT2D eigenvalue weighted by Gasteiger charge is 2.07. The lowest BCUT2D eigenvalue weighted by Gasteiger charge is -2.16. The Hall–Kier alpha value is -0.0500. The van der Waals surface area contributed by atoms with Crippen LogP contribution >= 0.6 is 28.3 Å². The fourth-order valence-corrected chi connectivity index (χ4v) is 1.86. The minimum Gasteiger partial charge on any atom is -0.312 e. The molecule has 0 amide bonds. The number of benzene rings is 1. The van der Waals surface area contributed by atoms with Gasteiger partial charge in [0.1, 0.15) is 0 Å². The topological polar surface area (TPSA) is 12.0 Å². The molecule has 0 radical (unpaired) electrons. The Balaban J connectivity index is 0.000000720. The second kappa shape index (κ2) is 4.26. The van der Waals surface area contributed by atoms with Crippen molar-refractivity contribution in [3.05, 3.63) is 33.8 Å². The van der Waals surface area contributed by atoms with Gasteiger partial charge in [0, 0.05) is 11.0 Å². The van der Waals surface area contributed by atoms with E-state index in [9.17, 15) is 0 Å². The Morgan fingerprint density at radius 1 is 1.25 bits per heavy atom. The van der Waals surface area contributed by atoms with Crippen LogP contribution in [0.1, 0.15) is 11.1 Å². The Morgan fingerprint density at radius 2 is 2.08 bits per heavy atom. The first kappa shape index (κ1) is 10.0. The maximum Gasteiger partial charge on any atom is 0.0208 e. The average Bonchev–Trinajstić information content (AvgIpc) is 2.04. The Kier molecular flexibility index (Phi) is 3.56. The van der Waals surface area contributed by atoms with E-state index in [2.05, 4.69) is 39.4 Å². The molecule has 12 heavy (non-hydrogen) atoms. The van der Waals surface area contributed by atoms with Crippen molar-refractivity contribution in [2.45, 2.75) is 13.0 Å². The van der Waals surface area contributed by atoms with Crippen LogP contribution in [0.2, 0.25) is 0 Å². The molecule has 1 heterocycles. The fourth-order valence-electron chi connectivity index (χ4n) is 1.45. The summed E-state index contributed by atoms with van der Waals surface area (Å²) in [7, 11) is 0. The molecule has 1 nitrogen and oxygen atoms in total. The van der Waals surface area contributed by atoms with Gasteiger partial charge in [0.05, 0.1) is 0 Å². The molecule has 3 heteroatoms. The summed E-state index contributed by atoms with van der Waals surface area (Å²) >= 11 is 3.46. The van der Waals surface area contributed by atoms with Crippen molar-refractivity contribution in [3.63, 3.8) is 0 Å². The Bertz CT molecular complexity index is 275. The standard InChI is InChI=1S/C9H10BrN.ClH/c10-9-2-1-7-3-4-11-6-8(7)5-9;/h1-2,5,11H,3-4,6H2;1H. The molecule has 0 bridgehead atoms. The first-order chi connectivity index (χ1) is 5.36.